The summed E-state index contributed by atoms with van der Waals surface area (Å²) in [7, 11) is 0. The number of halogens is 3. The molecule has 0 aliphatic heterocycles. The van der Waals surface area contributed by atoms with Crippen LogP contribution in [0.15, 0.2) is 30.3 Å². The van der Waals surface area contributed by atoms with E-state index in [1.165, 1.54) is 12.1 Å². The van der Waals surface area contributed by atoms with Crippen molar-refractivity contribution in [2.45, 2.75) is 20.4 Å². The van der Waals surface area contributed by atoms with Crippen LogP contribution >= 0.6 is 11.6 Å². The molecule has 0 aliphatic rings. The van der Waals surface area contributed by atoms with Crippen LogP contribution in [0.25, 0.3) is 11.1 Å². The van der Waals surface area contributed by atoms with E-state index in [0.29, 0.717) is 23.2 Å². The van der Waals surface area contributed by atoms with E-state index in [9.17, 15) is 8.78 Å². The highest BCUT2D eigenvalue weighted by Gasteiger charge is 2.12. The smallest absolute Gasteiger partial charge is 0.131 e. The molecule has 2 rings (SSSR count). The van der Waals surface area contributed by atoms with Crippen molar-refractivity contribution in [1.82, 2.24) is 5.32 Å². The van der Waals surface area contributed by atoms with Crippen LogP contribution in [-0.4, -0.2) is 6.54 Å². The molecule has 0 saturated heterocycles. The molecule has 0 atom stereocenters. The highest BCUT2D eigenvalue weighted by atomic mass is 35.5. The molecular weight excluding hydrogens is 280 g/mol. The zero-order chi connectivity index (χ0) is 14.7. The molecule has 0 spiro atoms. The zero-order valence-corrected chi connectivity index (χ0v) is 12.2. The van der Waals surface area contributed by atoms with Crippen LogP contribution in [0.4, 0.5) is 8.78 Å². The molecule has 2 aromatic rings. The highest BCUT2D eigenvalue weighted by molar-refractivity contribution is 6.33. The second-order valence-corrected chi connectivity index (χ2v) is 5.08. The Morgan fingerprint density at radius 1 is 1.05 bits per heavy atom. The van der Waals surface area contributed by atoms with Crippen molar-refractivity contribution in [3.8, 4) is 11.1 Å². The summed E-state index contributed by atoms with van der Waals surface area (Å²) in [5.74, 6) is -0.749. The van der Waals surface area contributed by atoms with E-state index in [1.54, 1.807) is 25.1 Å². The van der Waals surface area contributed by atoms with Gasteiger partial charge in [0.2, 0.25) is 0 Å². The van der Waals surface area contributed by atoms with Crippen molar-refractivity contribution >= 4 is 11.6 Å². The first-order valence-corrected chi connectivity index (χ1v) is 6.86. The number of rotatable bonds is 4. The maximum absolute atomic E-state index is 14.0. The summed E-state index contributed by atoms with van der Waals surface area (Å²) in [5, 5.41) is 3.40. The number of hydrogen-bond donors (Lipinski definition) is 1. The lowest BCUT2D eigenvalue weighted by atomic mass is 10.00. The third-order valence-electron chi connectivity index (χ3n) is 3.15. The standard InChI is InChI=1S/C16H16ClF2N/c1-3-20-9-11-4-5-15(18)13(7-11)12-6-10(2)16(19)8-14(12)17/h4-8,20H,3,9H2,1-2H3. The Morgan fingerprint density at radius 3 is 2.50 bits per heavy atom. The van der Waals surface area contributed by atoms with Gasteiger partial charge >= 0.3 is 0 Å². The number of benzene rings is 2. The SMILES string of the molecule is CCNCc1ccc(F)c(-c2cc(C)c(F)cc2Cl)c1. The number of aryl methyl sites for hydroxylation is 1. The summed E-state index contributed by atoms with van der Waals surface area (Å²) < 4.78 is 27.5. The van der Waals surface area contributed by atoms with E-state index in [0.717, 1.165) is 12.1 Å². The molecule has 0 aromatic heterocycles. The van der Waals surface area contributed by atoms with E-state index >= 15 is 0 Å². The Labute approximate surface area is 122 Å². The van der Waals surface area contributed by atoms with Crippen LogP contribution in [0.2, 0.25) is 5.02 Å². The van der Waals surface area contributed by atoms with E-state index in [2.05, 4.69) is 5.32 Å². The van der Waals surface area contributed by atoms with Gasteiger partial charge in [-0.3, -0.25) is 0 Å². The number of hydrogen-bond acceptors (Lipinski definition) is 1. The largest absolute Gasteiger partial charge is 0.313 e. The molecule has 0 heterocycles. The Bertz CT molecular complexity index is 626. The fraction of sp³-hybridized carbons (Fsp3) is 0.250. The average molecular weight is 296 g/mol. The molecule has 0 saturated carbocycles. The van der Waals surface area contributed by atoms with Gasteiger partial charge in [0.25, 0.3) is 0 Å². The third-order valence-corrected chi connectivity index (χ3v) is 3.46. The lowest BCUT2D eigenvalue weighted by Gasteiger charge is -2.10. The van der Waals surface area contributed by atoms with E-state index in [-0.39, 0.29) is 16.7 Å². The van der Waals surface area contributed by atoms with Crippen LogP contribution in [-0.2, 0) is 6.54 Å². The minimum Gasteiger partial charge on any atom is -0.313 e. The molecule has 0 unspecified atom stereocenters. The van der Waals surface area contributed by atoms with Gasteiger partial charge in [0.1, 0.15) is 11.6 Å². The Morgan fingerprint density at radius 2 is 1.80 bits per heavy atom. The van der Waals surface area contributed by atoms with Gasteiger partial charge in [-0.25, -0.2) is 8.78 Å². The summed E-state index contributed by atoms with van der Waals surface area (Å²) in [6, 6.07) is 7.69. The minimum absolute atomic E-state index is 0.215. The van der Waals surface area contributed by atoms with Crippen LogP contribution in [0.1, 0.15) is 18.1 Å². The van der Waals surface area contributed by atoms with Crippen molar-refractivity contribution < 1.29 is 8.78 Å². The average Bonchev–Trinajstić information content (AvgIpc) is 2.42. The topological polar surface area (TPSA) is 12.0 Å². The second kappa shape index (κ2) is 6.33. The quantitative estimate of drug-likeness (QED) is 0.862. The van der Waals surface area contributed by atoms with Gasteiger partial charge in [-0.1, -0.05) is 24.6 Å². The molecule has 20 heavy (non-hydrogen) atoms. The molecule has 1 N–H and O–H groups in total. The van der Waals surface area contributed by atoms with Crippen molar-refractivity contribution in [2.24, 2.45) is 0 Å². The lowest BCUT2D eigenvalue weighted by molar-refractivity contribution is 0.617. The summed E-state index contributed by atoms with van der Waals surface area (Å²) in [6.07, 6.45) is 0. The van der Waals surface area contributed by atoms with Gasteiger partial charge < -0.3 is 5.32 Å². The molecule has 0 fully saturated rings. The van der Waals surface area contributed by atoms with Crippen molar-refractivity contribution in [1.29, 1.82) is 0 Å². The summed E-state index contributed by atoms with van der Waals surface area (Å²) >= 11 is 6.04. The fourth-order valence-corrected chi connectivity index (χ4v) is 2.27. The molecule has 0 amide bonds. The first kappa shape index (κ1) is 14.9. The van der Waals surface area contributed by atoms with Gasteiger partial charge in [0.05, 0.1) is 5.02 Å². The molecule has 0 bridgehead atoms. The van der Waals surface area contributed by atoms with Gasteiger partial charge in [0, 0.05) is 17.7 Å². The Balaban J connectivity index is 2.48. The van der Waals surface area contributed by atoms with Crippen molar-refractivity contribution in [2.75, 3.05) is 6.54 Å². The summed E-state index contributed by atoms with van der Waals surface area (Å²) in [5.41, 5.74) is 2.32. The third kappa shape index (κ3) is 3.17. The zero-order valence-electron chi connectivity index (χ0n) is 11.4. The maximum atomic E-state index is 14.0. The minimum atomic E-state index is -0.386. The van der Waals surface area contributed by atoms with Gasteiger partial charge in [-0.2, -0.15) is 0 Å². The maximum Gasteiger partial charge on any atom is 0.131 e. The van der Waals surface area contributed by atoms with Crippen LogP contribution in [0.5, 0.6) is 0 Å². The van der Waals surface area contributed by atoms with E-state index in [4.69, 9.17) is 11.6 Å². The van der Waals surface area contributed by atoms with Crippen molar-refractivity contribution in [3.63, 3.8) is 0 Å². The van der Waals surface area contributed by atoms with E-state index in [1.807, 2.05) is 6.92 Å². The Kier molecular flexibility index (Phi) is 4.73. The predicted octanol–water partition coefficient (Wildman–Crippen LogP) is 4.70. The first-order valence-electron chi connectivity index (χ1n) is 6.48. The van der Waals surface area contributed by atoms with E-state index < -0.39 is 0 Å². The first-order chi connectivity index (χ1) is 9.52. The molecule has 4 heteroatoms. The molecule has 0 aliphatic carbocycles. The van der Waals surface area contributed by atoms with Gasteiger partial charge in [0.15, 0.2) is 0 Å². The van der Waals surface area contributed by atoms with Gasteiger partial charge in [-0.05, 0) is 48.9 Å². The highest BCUT2D eigenvalue weighted by Crippen LogP contribution is 2.32. The second-order valence-electron chi connectivity index (χ2n) is 4.68. The molecular formula is C16H16ClF2N. The van der Waals surface area contributed by atoms with Crippen molar-refractivity contribution in [3.05, 3.63) is 58.1 Å². The number of nitrogens with one attached hydrogen (secondary N) is 1. The molecule has 2 aromatic carbocycles. The fourth-order valence-electron chi connectivity index (χ4n) is 2.02. The predicted molar refractivity (Wildman–Crippen MR) is 78.9 cm³/mol. The van der Waals surface area contributed by atoms with Crippen LogP contribution < -0.4 is 5.32 Å². The van der Waals surface area contributed by atoms with Crippen LogP contribution in [0.3, 0.4) is 0 Å². The Hall–Kier alpha value is -1.45. The monoisotopic (exact) mass is 295 g/mol. The lowest BCUT2D eigenvalue weighted by Crippen LogP contribution is -2.11. The van der Waals surface area contributed by atoms with Crippen LogP contribution in [0, 0.1) is 18.6 Å². The molecule has 106 valence electrons. The molecule has 1 nitrogen and oxygen atoms in total. The summed E-state index contributed by atoms with van der Waals surface area (Å²) in [4.78, 5) is 0. The normalized spacial score (nSPS) is 10.8. The van der Waals surface area contributed by atoms with Gasteiger partial charge in [-0.15, -0.1) is 0 Å². The molecule has 0 radical (unpaired) electrons. The summed E-state index contributed by atoms with van der Waals surface area (Å²) in [6.45, 7) is 5.13.